The summed E-state index contributed by atoms with van der Waals surface area (Å²) in [6.45, 7) is 2.74. The number of anilines is 3. The Hall–Kier alpha value is -3.60. The molecule has 0 aromatic heterocycles. The molecule has 5 heteroatoms. The van der Waals surface area contributed by atoms with E-state index in [0.717, 1.165) is 17.1 Å². The van der Waals surface area contributed by atoms with Gasteiger partial charge in [-0.05, 0) is 60.7 Å². The molecule has 0 aliphatic rings. The Morgan fingerprint density at radius 3 is 1.33 bits per heavy atom. The summed E-state index contributed by atoms with van der Waals surface area (Å²) in [6.07, 6.45) is 0. The average molecular weight is 361 g/mol. The number of rotatable bonds is 5. The number of benzene rings is 3. The number of ether oxygens (including phenoxy) is 2. The molecule has 0 bridgehead atoms. The summed E-state index contributed by atoms with van der Waals surface area (Å²) in [7, 11) is 0. The standard InChI is InChI=1S/C22H19NO4/c1-16(24)26-21-12-8-19(9-13-21)23(18-6-4-3-5-7-18)20-10-14-22(15-11-20)27-17(2)25/h3-15H,1-2H3. The number of hydrogen-bond donors (Lipinski definition) is 0. The number of carbonyl (C=O) groups is 2. The van der Waals surface area contributed by atoms with Gasteiger partial charge in [-0.3, -0.25) is 9.59 Å². The lowest BCUT2D eigenvalue weighted by atomic mass is 10.2. The van der Waals surface area contributed by atoms with Gasteiger partial charge in [-0.1, -0.05) is 18.2 Å². The number of esters is 2. The van der Waals surface area contributed by atoms with Crippen LogP contribution in [-0.4, -0.2) is 11.9 Å². The number of para-hydroxylation sites is 1. The Bertz CT molecular complexity index is 859. The Morgan fingerprint density at radius 2 is 0.963 bits per heavy atom. The van der Waals surface area contributed by atoms with Gasteiger partial charge in [0.1, 0.15) is 11.5 Å². The summed E-state index contributed by atoms with van der Waals surface area (Å²) in [5, 5.41) is 0. The molecule has 0 N–H and O–H groups in total. The van der Waals surface area contributed by atoms with E-state index >= 15 is 0 Å². The van der Waals surface area contributed by atoms with Crippen LogP contribution in [0.15, 0.2) is 78.9 Å². The van der Waals surface area contributed by atoms with Gasteiger partial charge in [0.2, 0.25) is 0 Å². The molecule has 0 saturated carbocycles. The van der Waals surface area contributed by atoms with E-state index in [4.69, 9.17) is 9.47 Å². The Kier molecular flexibility index (Phi) is 5.52. The fourth-order valence-electron chi connectivity index (χ4n) is 2.68. The van der Waals surface area contributed by atoms with E-state index in [0.29, 0.717) is 11.5 Å². The highest BCUT2D eigenvalue weighted by atomic mass is 16.5. The van der Waals surface area contributed by atoms with Crippen molar-refractivity contribution in [2.45, 2.75) is 13.8 Å². The van der Waals surface area contributed by atoms with Gasteiger partial charge >= 0.3 is 11.9 Å². The highest BCUT2D eigenvalue weighted by molar-refractivity contribution is 5.78. The number of carbonyl (C=O) groups excluding carboxylic acids is 2. The van der Waals surface area contributed by atoms with Gasteiger partial charge in [-0.25, -0.2) is 0 Å². The first kappa shape index (κ1) is 18.2. The van der Waals surface area contributed by atoms with Crippen LogP contribution in [-0.2, 0) is 9.59 Å². The van der Waals surface area contributed by atoms with Gasteiger partial charge in [0.25, 0.3) is 0 Å². The van der Waals surface area contributed by atoms with Crippen LogP contribution in [0.25, 0.3) is 0 Å². The predicted octanol–water partition coefficient (Wildman–Crippen LogP) is 5.01. The zero-order valence-corrected chi connectivity index (χ0v) is 15.1. The minimum absolute atomic E-state index is 0.358. The van der Waals surface area contributed by atoms with Crippen molar-refractivity contribution in [3.63, 3.8) is 0 Å². The average Bonchev–Trinajstić information content (AvgIpc) is 2.65. The van der Waals surface area contributed by atoms with Crippen molar-refractivity contribution in [2.24, 2.45) is 0 Å². The molecule has 5 nitrogen and oxygen atoms in total. The molecule has 0 fully saturated rings. The third kappa shape index (κ3) is 4.73. The largest absolute Gasteiger partial charge is 0.427 e. The van der Waals surface area contributed by atoms with E-state index in [1.165, 1.54) is 13.8 Å². The first-order chi connectivity index (χ1) is 13.0. The summed E-state index contributed by atoms with van der Waals surface area (Å²) >= 11 is 0. The fourth-order valence-corrected chi connectivity index (χ4v) is 2.68. The third-order valence-electron chi connectivity index (χ3n) is 3.73. The maximum atomic E-state index is 11.1. The van der Waals surface area contributed by atoms with Crippen LogP contribution < -0.4 is 14.4 Å². The summed E-state index contributed by atoms with van der Waals surface area (Å²) in [6, 6.07) is 24.4. The van der Waals surface area contributed by atoms with Crippen LogP contribution >= 0.6 is 0 Å². The predicted molar refractivity (Wildman–Crippen MR) is 104 cm³/mol. The van der Waals surface area contributed by atoms with Crippen LogP contribution in [0.2, 0.25) is 0 Å². The molecule has 0 saturated heterocycles. The summed E-state index contributed by atoms with van der Waals surface area (Å²) in [5.41, 5.74) is 2.77. The highest BCUT2D eigenvalue weighted by Crippen LogP contribution is 2.35. The van der Waals surface area contributed by atoms with E-state index < -0.39 is 0 Å². The maximum Gasteiger partial charge on any atom is 0.308 e. The topological polar surface area (TPSA) is 55.8 Å². The Labute approximate surface area is 157 Å². The lowest BCUT2D eigenvalue weighted by Gasteiger charge is -2.25. The van der Waals surface area contributed by atoms with Gasteiger partial charge in [0, 0.05) is 30.9 Å². The lowest BCUT2D eigenvalue weighted by molar-refractivity contribution is -0.132. The van der Waals surface area contributed by atoms with Crippen molar-refractivity contribution >= 4 is 29.0 Å². The van der Waals surface area contributed by atoms with Crippen molar-refractivity contribution in [3.8, 4) is 11.5 Å². The SMILES string of the molecule is CC(=O)Oc1ccc(N(c2ccccc2)c2ccc(OC(C)=O)cc2)cc1. The molecule has 0 aliphatic heterocycles. The van der Waals surface area contributed by atoms with E-state index in [1.54, 1.807) is 24.3 Å². The Balaban J connectivity index is 1.97. The lowest BCUT2D eigenvalue weighted by Crippen LogP contribution is -2.10. The molecule has 0 spiro atoms. The second-order valence-electron chi connectivity index (χ2n) is 5.85. The molecule has 3 aromatic carbocycles. The van der Waals surface area contributed by atoms with E-state index in [-0.39, 0.29) is 11.9 Å². The van der Waals surface area contributed by atoms with Crippen molar-refractivity contribution in [1.29, 1.82) is 0 Å². The van der Waals surface area contributed by atoms with Crippen molar-refractivity contribution in [1.82, 2.24) is 0 Å². The maximum absolute atomic E-state index is 11.1. The highest BCUT2D eigenvalue weighted by Gasteiger charge is 2.13. The molecule has 0 heterocycles. The normalized spacial score (nSPS) is 10.1. The molecule has 136 valence electrons. The molecule has 0 radical (unpaired) electrons. The van der Waals surface area contributed by atoms with E-state index in [2.05, 4.69) is 4.90 Å². The smallest absolute Gasteiger partial charge is 0.308 e. The molecule has 0 atom stereocenters. The second-order valence-corrected chi connectivity index (χ2v) is 5.85. The van der Waals surface area contributed by atoms with E-state index in [9.17, 15) is 9.59 Å². The van der Waals surface area contributed by atoms with Crippen LogP contribution in [0.5, 0.6) is 11.5 Å². The molecule has 3 aromatic rings. The number of nitrogens with zero attached hydrogens (tertiary/aromatic N) is 1. The first-order valence-corrected chi connectivity index (χ1v) is 8.45. The number of hydrogen-bond acceptors (Lipinski definition) is 5. The molecule has 0 amide bonds. The van der Waals surface area contributed by atoms with Gasteiger partial charge in [-0.2, -0.15) is 0 Å². The summed E-state index contributed by atoms with van der Waals surface area (Å²) in [4.78, 5) is 24.3. The van der Waals surface area contributed by atoms with E-state index in [1.807, 2.05) is 54.6 Å². The molecule has 3 rings (SSSR count). The van der Waals surface area contributed by atoms with Crippen LogP contribution in [0.4, 0.5) is 17.1 Å². The molecular weight excluding hydrogens is 342 g/mol. The van der Waals surface area contributed by atoms with Crippen molar-refractivity contribution in [3.05, 3.63) is 78.9 Å². The minimum atomic E-state index is -0.358. The first-order valence-electron chi connectivity index (χ1n) is 8.45. The fraction of sp³-hybridized carbons (Fsp3) is 0.0909. The zero-order chi connectivity index (χ0) is 19.2. The van der Waals surface area contributed by atoms with Gasteiger partial charge in [0.15, 0.2) is 0 Å². The van der Waals surface area contributed by atoms with Crippen LogP contribution in [0, 0.1) is 0 Å². The monoisotopic (exact) mass is 361 g/mol. The van der Waals surface area contributed by atoms with Crippen molar-refractivity contribution in [2.75, 3.05) is 4.90 Å². The molecule has 27 heavy (non-hydrogen) atoms. The quantitative estimate of drug-likeness (QED) is 0.472. The van der Waals surface area contributed by atoms with Gasteiger partial charge < -0.3 is 14.4 Å². The molecule has 0 aliphatic carbocycles. The zero-order valence-electron chi connectivity index (χ0n) is 15.1. The minimum Gasteiger partial charge on any atom is -0.427 e. The van der Waals surface area contributed by atoms with Crippen LogP contribution in [0.1, 0.15) is 13.8 Å². The third-order valence-corrected chi connectivity index (χ3v) is 3.73. The van der Waals surface area contributed by atoms with Crippen LogP contribution in [0.3, 0.4) is 0 Å². The molecular formula is C22H19NO4. The van der Waals surface area contributed by atoms with Gasteiger partial charge in [0.05, 0.1) is 0 Å². The Morgan fingerprint density at radius 1 is 0.593 bits per heavy atom. The van der Waals surface area contributed by atoms with Gasteiger partial charge in [-0.15, -0.1) is 0 Å². The van der Waals surface area contributed by atoms with Crippen molar-refractivity contribution < 1.29 is 19.1 Å². The molecule has 0 unspecified atom stereocenters. The second kappa shape index (κ2) is 8.19. The summed E-state index contributed by atoms with van der Waals surface area (Å²) < 4.78 is 10.2. The summed E-state index contributed by atoms with van der Waals surface area (Å²) in [5.74, 6) is 0.265.